The van der Waals surface area contributed by atoms with Crippen LogP contribution in [0.3, 0.4) is 0 Å². The van der Waals surface area contributed by atoms with E-state index in [1.165, 1.54) is 0 Å². The molecule has 0 aliphatic rings. The lowest BCUT2D eigenvalue weighted by Crippen LogP contribution is -2.35. The molecular weight excluding hydrogens is 231 g/mol. The van der Waals surface area contributed by atoms with Gasteiger partial charge in [-0.2, -0.15) is 0 Å². The van der Waals surface area contributed by atoms with E-state index in [9.17, 15) is 0 Å². The van der Waals surface area contributed by atoms with Crippen LogP contribution in [0.15, 0.2) is 16.6 Å². The van der Waals surface area contributed by atoms with Crippen LogP contribution in [0.5, 0.6) is 0 Å². The molecule has 2 nitrogen and oxygen atoms in total. The lowest BCUT2D eigenvalue weighted by molar-refractivity contribution is 0.425. The molecule has 0 atom stereocenters. The Hall–Kier alpha value is -0.315. The lowest BCUT2D eigenvalue weighted by atomic mass is 9.73. The quantitative estimate of drug-likeness (QED) is 0.760. The third kappa shape index (κ3) is 2.33. The molecule has 0 aromatic heterocycles. The van der Waals surface area contributed by atoms with E-state index in [1.807, 2.05) is 26.0 Å². The average Bonchev–Trinajstić information content (AvgIpc) is 2.01. The zero-order chi connectivity index (χ0) is 10.0. The van der Waals surface area contributed by atoms with Crippen LogP contribution in [0.25, 0.3) is 0 Å². The summed E-state index contributed by atoms with van der Waals surface area (Å²) in [7, 11) is -1.37. The molecule has 0 spiro atoms. The Balaban J connectivity index is 3.30. The lowest BCUT2D eigenvalue weighted by Gasteiger charge is -2.11. The van der Waals surface area contributed by atoms with E-state index < -0.39 is 7.12 Å². The van der Waals surface area contributed by atoms with Crippen molar-refractivity contribution in [2.24, 2.45) is 0 Å². The van der Waals surface area contributed by atoms with E-state index >= 15 is 0 Å². The van der Waals surface area contributed by atoms with Gasteiger partial charge in [-0.3, -0.25) is 0 Å². The molecule has 4 heteroatoms. The summed E-state index contributed by atoms with van der Waals surface area (Å²) in [5, 5.41) is 18.3. The predicted octanol–water partition coefficient (Wildman–Crippen LogP) is 1.000. The molecule has 0 fully saturated rings. The van der Waals surface area contributed by atoms with Gasteiger partial charge in [0, 0.05) is 4.47 Å². The molecule has 2 N–H and O–H groups in total. The number of benzene rings is 1. The van der Waals surface area contributed by atoms with E-state index in [0.29, 0.717) is 5.46 Å². The fourth-order valence-corrected chi connectivity index (χ4v) is 2.11. The van der Waals surface area contributed by atoms with Crippen LogP contribution in [-0.2, 0) is 6.42 Å². The van der Waals surface area contributed by atoms with Gasteiger partial charge < -0.3 is 10.0 Å². The van der Waals surface area contributed by atoms with Crippen LogP contribution in [0, 0.1) is 6.92 Å². The summed E-state index contributed by atoms with van der Waals surface area (Å²) < 4.78 is 0.978. The highest BCUT2D eigenvalue weighted by molar-refractivity contribution is 9.10. The Morgan fingerprint density at radius 2 is 2.00 bits per heavy atom. The van der Waals surface area contributed by atoms with Gasteiger partial charge in [0.05, 0.1) is 0 Å². The monoisotopic (exact) mass is 242 g/mol. The first-order valence-corrected chi connectivity index (χ1v) is 5.00. The highest BCUT2D eigenvalue weighted by Gasteiger charge is 2.17. The predicted molar refractivity (Wildman–Crippen MR) is 58.1 cm³/mol. The van der Waals surface area contributed by atoms with Crippen LogP contribution in [-0.4, -0.2) is 17.2 Å². The highest BCUT2D eigenvalue weighted by atomic mass is 79.9. The van der Waals surface area contributed by atoms with Gasteiger partial charge in [0.25, 0.3) is 0 Å². The summed E-state index contributed by atoms with van der Waals surface area (Å²) in [6, 6.07) is 3.80. The minimum absolute atomic E-state index is 0.630. The fraction of sp³-hybridized carbons (Fsp3) is 0.333. The van der Waals surface area contributed by atoms with E-state index in [1.54, 1.807) is 0 Å². The van der Waals surface area contributed by atoms with Crippen molar-refractivity contribution in [3.8, 4) is 0 Å². The van der Waals surface area contributed by atoms with Gasteiger partial charge in [-0.15, -0.1) is 0 Å². The summed E-state index contributed by atoms with van der Waals surface area (Å²) in [4.78, 5) is 0. The Labute approximate surface area is 86.9 Å². The first-order valence-electron chi connectivity index (χ1n) is 4.21. The van der Waals surface area contributed by atoms with Crippen LogP contribution in [0.1, 0.15) is 18.1 Å². The minimum atomic E-state index is -1.37. The first-order chi connectivity index (χ1) is 6.06. The zero-order valence-corrected chi connectivity index (χ0v) is 9.30. The van der Waals surface area contributed by atoms with Gasteiger partial charge in [-0.25, -0.2) is 0 Å². The van der Waals surface area contributed by atoms with Gasteiger partial charge in [0.2, 0.25) is 0 Å². The summed E-state index contributed by atoms with van der Waals surface area (Å²) in [6.45, 7) is 3.87. The number of aryl methyl sites for hydroxylation is 2. The van der Waals surface area contributed by atoms with Gasteiger partial charge in [0.15, 0.2) is 0 Å². The number of hydrogen-bond acceptors (Lipinski definition) is 2. The molecule has 70 valence electrons. The summed E-state index contributed by atoms with van der Waals surface area (Å²) in [5.41, 5.74) is 2.51. The molecule has 0 unspecified atom stereocenters. The van der Waals surface area contributed by atoms with Crippen molar-refractivity contribution in [2.75, 3.05) is 0 Å². The second-order valence-corrected chi connectivity index (χ2v) is 3.94. The van der Waals surface area contributed by atoms with Crippen LogP contribution in [0.4, 0.5) is 0 Å². The van der Waals surface area contributed by atoms with E-state index in [-0.39, 0.29) is 0 Å². The summed E-state index contributed by atoms with van der Waals surface area (Å²) in [6.07, 6.45) is 0.799. The molecule has 0 saturated heterocycles. The highest BCUT2D eigenvalue weighted by Crippen LogP contribution is 2.14. The van der Waals surface area contributed by atoms with Crippen molar-refractivity contribution in [2.45, 2.75) is 20.3 Å². The Morgan fingerprint density at radius 3 is 2.46 bits per heavy atom. The molecule has 0 heterocycles. The maximum absolute atomic E-state index is 9.15. The normalized spacial score (nSPS) is 10.2. The van der Waals surface area contributed by atoms with Crippen LogP contribution >= 0.6 is 15.9 Å². The first kappa shape index (κ1) is 10.8. The summed E-state index contributed by atoms with van der Waals surface area (Å²) in [5.74, 6) is 0. The minimum Gasteiger partial charge on any atom is -0.423 e. The molecule has 0 amide bonds. The van der Waals surface area contributed by atoms with Crippen LogP contribution < -0.4 is 5.46 Å². The summed E-state index contributed by atoms with van der Waals surface area (Å²) >= 11 is 3.37. The Kier molecular flexibility index (Phi) is 3.53. The van der Waals surface area contributed by atoms with E-state index in [4.69, 9.17) is 10.0 Å². The van der Waals surface area contributed by atoms with Crippen molar-refractivity contribution >= 4 is 28.5 Å². The molecule has 1 rings (SSSR count). The van der Waals surface area contributed by atoms with Crippen molar-refractivity contribution in [1.82, 2.24) is 0 Å². The maximum Gasteiger partial charge on any atom is 0.488 e. The third-order valence-corrected chi connectivity index (χ3v) is 2.53. The van der Waals surface area contributed by atoms with Crippen LogP contribution in [0.2, 0.25) is 0 Å². The molecule has 0 aliphatic carbocycles. The fourth-order valence-electron chi connectivity index (χ4n) is 1.49. The van der Waals surface area contributed by atoms with E-state index in [0.717, 1.165) is 22.0 Å². The Bertz CT molecular complexity index is 313. The van der Waals surface area contributed by atoms with E-state index in [2.05, 4.69) is 15.9 Å². The smallest absolute Gasteiger partial charge is 0.423 e. The standard InChI is InChI=1S/C9H12BBrO2/c1-3-7-5-8(11)4-6(2)9(7)10(12)13/h4-5,12-13H,3H2,1-2H3. The molecular formula is C9H12BBrO2. The second kappa shape index (κ2) is 4.27. The SMILES string of the molecule is CCc1cc(Br)cc(C)c1B(O)O. The number of rotatable bonds is 2. The van der Waals surface area contributed by atoms with Gasteiger partial charge in [-0.05, 0) is 42.1 Å². The van der Waals surface area contributed by atoms with Gasteiger partial charge in [0.1, 0.15) is 0 Å². The third-order valence-electron chi connectivity index (χ3n) is 2.08. The molecule has 13 heavy (non-hydrogen) atoms. The number of halogens is 1. The molecule has 0 bridgehead atoms. The topological polar surface area (TPSA) is 40.5 Å². The average molecular weight is 243 g/mol. The van der Waals surface area contributed by atoms with Gasteiger partial charge in [-0.1, -0.05) is 22.9 Å². The molecule has 0 aliphatic heterocycles. The maximum atomic E-state index is 9.15. The Morgan fingerprint density at radius 1 is 1.38 bits per heavy atom. The van der Waals surface area contributed by atoms with Crippen molar-refractivity contribution in [3.63, 3.8) is 0 Å². The molecule has 0 saturated carbocycles. The second-order valence-electron chi connectivity index (χ2n) is 3.02. The largest absolute Gasteiger partial charge is 0.488 e. The molecule has 1 aromatic rings. The number of hydrogen-bond donors (Lipinski definition) is 2. The van der Waals surface area contributed by atoms with Gasteiger partial charge >= 0.3 is 7.12 Å². The zero-order valence-electron chi connectivity index (χ0n) is 7.71. The molecule has 1 aromatic carbocycles. The van der Waals surface area contributed by atoms with Crippen molar-refractivity contribution < 1.29 is 10.0 Å². The molecule has 0 radical (unpaired) electrons. The van der Waals surface area contributed by atoms with Crippen molar-refractivity contribution in [1.29, 1.82) is 0 Å². The van der Waals surface area contributed by atoms with Crippen molar-refractivity contribution in [3.05, 3.63) is 27.7 Å².